The highest BCUT2D eigenvalue weighted by Gasteiger charge is 2.20. The number of nitriles is 1. The van der Waals surface area contributed by atoms with Crippen molar-refractivity contribution in [3.8, 4) is 6.07 Å². The summed E-state index contributed by atoms with van der Waals surface area (Å²) < 4.78 is 6.84. The molecule has 140 valence electrons. The van der Waals surface area contributed by atoms with Crippen molar-refractivity contribution in [1.82, 2.24) is 14.8 Å². The zero-order valence-electron chi connectivity index (χ0n) is 14.6. The smallest absolute Gasteiger partial charge is 0.338 e. The van der Waals surface area contributed by atoms with Gasteiger partial charge in [-0.1, -0.05) is 12.1 Å². The Morgan fingerprint density at radius 2 is 2.18 bits per heavy atom. The van der Waals surface area contributed by atoms with Crippen molar-refractivity contribution >= 4 is 23.4 Å². The molecule has 0 atom stereocenters. The molecule has 3 aromatic rings. The van der Waals surface area contributed by atoms with E-state index in [0.717, 1.165) is 11.8 Å². The summed E-state index contributed by atoms with van der Waals surface area (Å²) in [4.78, 5) is 23.5. The predicted molar refractivity (Wildman–Crippen MR) is 98.5 cm³/mol. The highest BCUT2D eigenvalue weighted by Crippen LogP contribution is 2.34. The lowest BCUT2D eigenvalue weighted by atomic mass is 10.1. The quantitative estimate of drug-likeness (QED) is 0.354. The number of nitrogens with zero attached hydrogens (tertiary/aromatic N) is 5. The highest BCUT2D eigenvalue weighted by atomic mass is 32.2. The van der Waals surface area contributed by atoms with Crippen LogP contribution >= 0.6 is 11.8 Å². The van der Waals surface area contributed by atoms with E-state index >= 15 is 0 Å². The number of hydrogen-bond donors (Lipinski definition) is 0. The minimum absolute atomic E-state index is 0.0441. The van der Waals surface area contributed by atoms with Crippen LogP contribution in [-0.4, -0.2) is 25.7 Å². The minimum atomic E-state index is -0.694. The van der Waals surface area contributed by atoms with Crippen LogP contribution in [0.2, 0.25) is 0 Å². The first-order valence-corrected chi connectivity index (χ1v) is 8.76. The fourth-order valence-corrected chi connectivity index (χ4v) is 3.15. The van der Waals surface area contributed by atoms with Crippen LogP contribution in [0.4, 0.5) is 5.69 Å². The number of nitro benzene ring substituents is 1. The van der Waals surface area contributed by atoms with Gasteiger partial charge in [0.25, 0.3) is 5.69 Å². The number of carbonyl (C=O) groups excluding carboxylic acids is 1. The number of esters is 1. The third-order valence-electron chi connectivity index (χ3n) is 3.69. The molecule has 0 aliphatic carbocycles. The van der Waals surface area contributed by atoms with Crippen LogP contribution in [0.5, 0.6) is 0 Å². The summed E-state index contributed by atoms with van der Waals surface area (Å²) in [5.41, 5.74) is 0.935. The first kappa shape index (κ1) is 19.1. The molecular weight excluding hydrogens is 382 g/mol. The molecule has 0 aliphatic rings. The summed E-state index contributed by atoms with van der Waals surface area (Å²) >= 11 is 1.08. The van der Waals surface area contributed by atoms with E-state index in [1.807, 2.05) is 6.07 Å². The Bertz CT molecular complexity index is 1090. The van der Waals surface area contributed by atoms with Crippen LogP contribution in [0.3, 0.4) is 0 Å². The first-order valence-electron chi connectivity index (χ1n) is 7.94. The molecule has 0 unspecified atom stereocenters. The zero-order chi connectivity index (χ0) is 20.1. The number of rotatable bonds is 6. The van der Waals surface area contributed by atoms with Gasteiger partial charge < -0.3 is 9.30 Å². The van der Waals surface area contributed by atoms with E-state index in [9.17, 15) is 14.9 Å². The Balaban J connectivity index is 1.77. The molecule has 3 rings (SSSR count). The molecule has 9 nitrogen and oxygen atoms in total. The van der Waals surface area contributed by atoms with Gasteiger partial charge in [0.05, 0.1) is 27.0 Å². The average molecular weight is 395 g/mol. The number of ether oxygens (including phenoxy) is 1. The lowest BCUT2D eigenvalue weighted by Gasteiger charge is -2.07. The number of aromatic nitrogens is 3. The molecule has 28 heavy (non-hydrogen) atoms. The minimum Gasteiger partial charge on any atom is -0.457 e. The second-order valence-electron chi connectivity index (χ2n) is 5.65. The Labute approximate surface area is 163 Å². The van der Waals surface area contributed by atoms with Gasteiger partial charge in [-0.3, -0.25) is 10.1 Å². The predicted octanol–water partition coefficient (Wildman–Crippen LogP) is 3.10. The van der Waals surface area contributed by atoms with Gasteiger partial charge in [0, 0.05) is 13.1 Å². The molecule has 0 saturated carbocycles. The van der Waals surface area contributed by atoms with Gasteiger partial charge in [-0.25, -0.2) is 4.79 Å². The number of nitro groups is 1. The molecule has 0 fully saturated rings. The van der Waals surface area contributed by atoms with Crippen molar-refractivity contribution in [1.29, 1.82) is 5.26 Å². The molecule has 0 N–H and O–H groups in total. The topological polar surface area (TPSA) is 124 Å². The molecule has 0 bridgehead atoms. The van der Waals surface area contributed by atoms with Crippen LogP contribution < -0.4 is 0 Å². The van der Waals surface area contributed by atoms with E-state index in [2.05, 4.69) is 10.2 Å². The Morgan fingerprint density at radius 1 is 1.36 bits per heavy atom. The van der Waals surface area contributed by atoms with E-state index in [1.165, 1.54) is 24.5 Å². The van der Waals surface area contributed by atoms with E-state index in [0.29, 0.717) is 21.2 Å². The van der Waals surface area contributed by atoms with Crippen LogP contribution in [0.25, 0.3) is 0 Å². The maximum atomic E-state index is 12.3. The fourth-order valence-electron chi connectivity index (χ4n) is 2.30. The van der Waals surface area contributed by atoms with Crippen LogP contribution in [0.1, 0.15) is 21.5 Å². The largest absolute Gasteiger partial charge is 0.457 e. The lowest BCUT2D eigenvalue weighted by Crippen LogP contribution is -2.06. The fraction of sp³-hybridized carbons (Fsp3) is 0.111. The molecule has 10 heteroatoms. The van der Waals surface area contributed by atoms with Crippen molar-refractivity contribution in [2.75, 3.05) is 0 Å². The van der Waals surface area contributed by atoms with E-state index in [1.54, 1.807) is 35.9 Å². The second kappa shape index (κ2) is 8.32. The Hall–Kier alpha value is -3.71. The van der Waals surface area contributed by atoms with E-state index in [-0.39, 0.29) is 17.9 Å². The Kier molecular flexibility index (Phi) is 5.67. The Morgan fingerprint density at radius 3 is 2.86 bits per heavy atom. The molecular formula is C18H13N5O4S. The van der Waals surface area contributed by atoms with Crippen LogP contribution in [0.15, 0.2) is 58.8 Å². The third-order valence-corrected chi connectivity index (χ3v) is 4.81. The van der Waals surface area contributed by atoms with Gasteiger partial charge in [-0.15, -0.1) is 10.2 Å². The average Bonchev–Trinajstić information content (AvgIpc) is 3.11. The molecule has 1 aromatic heterocycles. The van der Waals surface area contributed by atoms with E-state index < -0.39 is 10.9 Å². The molecule has 0 amide bonds. The van der Waals surface area contributed by atoms with Gasteiger partial charge in [0.15, 0.2) is 5.16 Å². The summed E-state index contributed by atoms with van der Waals surface area (Å²) in [6, 6.07) is 12.8. The number of benzene rings is 2. The van der Waals surface area contributed by atoms with Gasteiger partial charge in [0.1, 0.15) is 12.9 Å². The van der Waals surface area contributed by atoms with Crippen molar-refractivity contribution in [3.63, 3.8) is 0 Å². The highest BCUT2D eigenvalue weighted by molar-refractivity contribution is 7.99. The first-order chi connectivity index (χ1) is 13.5. The molecule has 0 aliphatic heterocycles. The van der Waals surface area contributed by atoms with Crippen molar-refractivity contribution in [2.24, 2.45) is 7.05 Å². The van der Waals surface area contributed by atoms with Crippen LogP contribution in [-0.2, 0) is 18.4 Å². The lowest BCUT2D eigenvalue weighted by molar-refractivity contribution is -0.387. The number of carbonyl (C=O) groups is 1. The molecule has 0 saturated heterocycles. The van der Waals surface area contributed by atoms with Gasteiger partial charge in [-0.2, -0.15) is 5.26 Å². The summed E-state index contributed by atoms with van der Waals surface area (Å²) in [6.07, 6.45) is 1.49. The van der Waals surface area contributed by atoms with Crippen molar-refractivity contribution < 1.29 is 14.5 Å². The van der Waals surface area contributed by atoms with Gasteiger partial charge in [-0.05, 0) is 41.6 Å². The summed E-state index contributed by atoms with van der Waals surface area (Å²) in [5.74, 6) is -0.694. The monoisotopic (exact) mass is 395 g/mol. The second-order valence-corrected chi connectivity index (χ2v) is 6.66. The third kappa shape index (κ3) is 4.33. The zero-order valence-corrected chi connectivity index (χ0v) is 15.4. The summed E-state index contributed by atoms with van der Waals surface area (Å²) in [7, 11) is 1.72. The standard InChI is InChI=1S/C18H13N5O4S/c1-22-11-20-21-18(22)28-16-6-5-14(8-15(16)23(25)26)17(24)27-10-13-4-2-3-12(7-13)9-19/h2-8,11H,10H2,1H3. The maximum Gasteiger partial charge on any atom is 0.338 e. The normalized spacial score (nSPS) is 10.3. The molecule has 1 heterocycles. The molecule has 2 aromatic carbocycles. The van der Waals surface area contributed by atoms with Crippen molar-refractivity contribution in [2.45, 2.75) is 16.7 Å². The molecule has 0 spiro atoms. The molecule has 0 radical (unpaired) electrons. The van der Waals surface area contributed by atoms with Crippen molar-refractivity contribution in [3.05, 3.63) is 75.6 Å². The summed E-state index contributed by atoms with van der Waals surface area (Å²) in [5, 5.41) is 28.4. The number of hydrogen-bond acceptors (Lipinski definition) is 8. The van der Waals surface area contributed by atoms with E-state index in [4.69, 9.17) is 10.00 Å². The maximum absolute atomic E-state index is 12.3. The summed E-state index contributed by atoms with van der Waals surface area (Å²) in [6.45, 7) is -0.0441. The SMILES string of the molecule is Cn1cnnc1Sc1ccc(C(=O)OCc2cccc(C#N)c2)cc1[N+](=O)[O-]. The number of aryl methyl sites for hydroxylation is 1. The van der Waals surface area contributed by atoms with Gasteiger partial charge >= 0.3 is 5.97 Å². The van der Waals surface area contributed by atoms with Crippen LogP contribution in [0, 0.1) is 21.4 Å². The van der Waals surface area contributed by atoms with Gasteiger partial charge in [0.2, 0.25) is 0 Å².